The summed E-state index contributed by atoms with van der Waals surface area (Å²) in [6, 6.07) is -2.11. The Morgan fingerprint density at radius 3 is 1.52 bits per heavy atom. The van der Waals surface area contributed by atoms with Crippen molar-refractivity contribution in [2.24, 2.45) is 27.7 Å². The second-order valence-electron chi connectivity index (χ2n) is 13.2. The average Bonchev–Trinajstić information content (AvgIpc) is 3.50. The molecule has 0 aromatic carbocycles. The van der Waals surface area contributed by atoms with E-state index in [-0.39, 0.29) is 17.7 Å². The largest absolute Gasteiger partial charge is 0.342 e. The van der Waals surface area contributed by atoms with Crippen LogP contribution in [-0.2, 0) is 9.59 Å². The van der Waals surface area contributed by atoms with Gasteiger partial charge in [-0.15, -0.1) is 0 Å². The first kappa shape index (κ1) is 28.5. The van der Waals surface area contributed by atoms with Crippen molar-refractivity contribution in [3.05, 3.63) is 0 Å². The highest BCUT2D eigenvalue weighted by Crippen LogP contribution is 2.31. The second kappa shape index (κ2) is 10.9. The zero-order chi connectivity index (χ0) is 29.9. The summed E-state index contributed by atoms with van der Waals surface area (Å²) in [6.45, 7) is 11.0. The third-order valence-electron chi connectivity index (χ3n) is 9.57. The Morgan fingerprint density at radius 1 is 0.738 bits per heavy atom. The number of likely N-dealkylation sites (tertiary alicyclic amines) is 2. The van der Waals surface area contributed by atoms with E-state index >= 15 is 0 Å². The number of carbonyl (C=O) groups is 4. The van der Waals surface area contributed by atoms with E-state index in [1.165, 1.54) is 9.80 Å². The van der Waals surface area contributed by atoms with Gasteiger partial charge in [0.15, 0.2) is 36.3 Å². The SMILES string of the molecule is CC1CCCN(C2=NC3C(C(=O)NC(=O)N3C)N2CC(C)CN2C(N3CCCC(C)C3)=NC3C2C(=O)NC(=O)N3C)C1. The fraction of sp³-hybridized carbons (Fsp3) is 0.786. The topological polar surface area (TPSA) is 136 Å². The lowest BCUT2D eigenvalue weighted by atomic mass is 10.00. The van der Waals surface area contributed by atoms with E-state index in [1.807, 2.05) is 0 Å². The zero-order valence-electron chi connectivity index (χ0n) is 25.3. The van der Waals surface area contributed by atoms with Gasteiger partial charge in [-0.3, -0.25) is 20.2 Å². The van der Waals surface area contributed by atoms with Gasteiger partial charge in [0.2, 0.25) is 0 Å². The maximum absolute atomic E-state index is 13.2. The first-order chi connectivity index (χ1) is 20.0. The van der Waals surface area contributed by atoms with Crippen molar-refractivity contribution in [3.8, 4) is 0 Å². The fourth-order valence-electron chi connectivity index (χ4n) is 7.41. The number of nitrogens with one attached hydrogen (secondary N) is 2. The molecule has 14 heteroatoms. The molecule has 6 atom stereocenters. The van der Waals surface area contributed by atoms with E-state index in [0.717, 1.165) is 63.8 Å². The Kier molecular flexibility index (Phi) is 7.42. The van der Waals surface area contributed by atoms with Gasteiger partial charge in [0, 0.05) is 53.4 Å². The Bertz CT molecular complexity index is 1120. The molecule has 0 aliphatic carbocycles. The van der Waals surface area contributed by atoms with Crippen LogP contribution in [0, 0.1) is 17.8 Å². The van der Waals surface area contributed by atoms with Crippen LogP contribution in [0.4, 0.5) is 9.59 Å². The molecule has 42 heavy (non-hydrogen) atoms. The summed E-state index contributed by atoms with van der Waals surface area (Å²) in [7, 11) is 3.36. The second-order valence-corrected chi connectivity index (χ2v) is 13.2. The molecule has 0 aromatic heterocycles. The number of rotatable bonds is 4. The van der Waals surface area contributed by atoms with Gasteiger partial charge in [0.1, 0.15) is 0 Å². The van der Waals surface area contributed by atoms with Crippen molar-refractivity contribution in [2.45, 2.75) is 70.9 Å². The summed E-state index contributed by atoms with van der Waals surface area (Å²) in [5, 5.41) is 5.01. The number of nitrogens with zero attached hydrogens (tertiary/aromatic N) is 8. The van der Waals surface area contributed by atoms with Crippen molar-refractivity contribution in [2.75, 3.05) is 53.4 Å². The molecule has 0 spiro atoms. The predicted octanol–water partition coefficient (Wildman–Crippen LogP) is 0.182. The van der Waals surface area contributed by atoms with Gasteiger partial charge >= 0.3 is 12.1 Å². The molecule has 14 nitrogen and oxygen atoms in total. The van der Waals surface area contributed by atoms with Gasteiger partial charge in [-0.25, -0.2) is 19.6 Å². The Balaban J connectivity index is 1.26. The monoisotopic (exact) mass is 584 g/mol. The summed E-state index contributed by atoms with van der Waals surface area (Å²) in [6.07, 6.45) is 3.23. The highest BCUT2D eigenvalue weighted by Gasteiger charge is 2.52. The molecular weight excluding hydrogens is 540 g/mol. The highest BCUT2D eigenvalue weighted by atomic mass is 16.2. The maximum atomic E-state index is 13.2. The van der Waals surface area contributed by atoms with Crippen LogP contribution in [0.25, 0.3) is 0 Å². The van der Waals surface area contributed by atoms with E-state index in [0.29, 0.717) is 24.9 Å². The van der Waals surface area contributed by atoms with Gasteiger partial charge in [-0.1, -0.05) is 20.8 Å². The van der Waals surface area contributed by atoms with Crippen LogP contribution in [0.5, 0.6) is 0 Å². The average molecular weight is 585 g/mol. The lowest BCUT2D eigenvalue weighted by Gasteiger charge is -2.42. The summed E-state index contributed by atoms with van der Waals surface area (Å²) >= 11 is 0. The van der Waals surface area contributed by atoms with Crippen molar-refractivity contribution in [3.63, 3.8) is 0 Å². The van der Waals surface area contributed by atoms with Gasteiger partial charge in [0.25, 0.3) is 11.8 Å². The summed E-state index contributed by atoms with van der Waals surface area (Å²) in [5.74, 6) is 1.86. The third kappa shape index (κ3) is 4.91. The summed E-state index contributed by atoms with van der Waals surface area (Å²) in [5.41, 5.74) is 0. The number of urea groups is 2. The number of hydrogen-bond acceptors (Lipinski definition) is 10. The van der Waals surface area contributed by atoms with E-state index in [1.54, 1.807) is 14.1 Å². The molecule has 0 saturated carbocycles. The van der Waals surface area contributed by atoms with Crippen LogP contribution in [0.1, 0.15) is 46.5 Å². The van der Waals surface area contributed by atoms with Gasteiger partial charge in [0.05, 0.1) is 0 Å². The molecule has 6 aliphatic rings. The number of aliphatic imine (C=N–C) groups is 2. The number of likely N-dealkylation sites (N-methyl/N-ethyl adjacent to an activating group) is 2. The lowest BCUT2D eigenvalue weighted by molar-refractivity contribution is -0.127. The fourth-order valence-corrected chi connectivity index (χ4v) is 7.41. The molecule has 230 valence electrons. The van der Waals surface area contributed by atoms with Crippen molar-refractivity contribution >= 4 is 35.8 Å². The Morgan fingerprint density at radius 2 is 1.14 bits per heavy atom. The van der Waals surface area contributed by atoms with E-state index in [4.69, 9.17) is 9.98 Å². The van der Waals surface area contributed by atoms with Crippen LogP contribution in [0.2, 0.25) is 0 Å². The normalized spacial score (nSPS) is 34.2. The predicted molar refractivity (Wildman–Crippen MR) is 155 cm³/mol. The number of carbonyl (C=O) groups excluding carboxylic acids is 4. The zero-order valence-corrected chi connectivity index (χ0v) is 25.3. The third-order valence-corrected chi connectivity index (χ3v) is 9.57. The standard InChI is InChI=1S/C28H44N10O4/c1-16-8-6-10-35(12-16)25-29-21-19(23(39)31-27(41)33(21)4)37(25)14-18(3)15-38-20-22(34(5)28(42)32-24(20)40)30-26(38)36-11-7-9-17(2)13-36/h16-22H,6-15H2,1-5H3,(H,31,39,41)(H,32,40,42). The van der Waals surface area contributed by atoms with Gasteiger partial charge in [-0.2, -0.15) is 0 Å². The molecule has 6 unspecified atom stereocenters. The number of piperidine rings is 2. The van der Waals surface area contributed by atoms with E-state index in [2.05, 4.69) is 51.0 Å². The lowest BCUT2D eigenvalue weighted by Crippen LogP contribution is -2.66. The smallest absolute Gasteiger partial charge is 0.325 e. The number of guanidine groups is 2. The molecule has 4 saturated heterocycles. The van der Waals surface area contributed by atoms with Crippen LogP contribution in [0.3, 0.4) is 0 Å². The molecule has 0 radical (unpaired) electrons. The summed E-state index contributed by atoms with van der Waals surface area (Å²) < 4.78 is 0. The van der Waals surface area contributed by atoms with Crippen molar-refractivity contribution < 1.29 is 19.2 Å². The van der Waals surface area contributed by atoms with E-state index < -0.39 is 36.5 Å². The number of amides is 6. The van der Waals surface area contributed by atoms with Crippen LogP contribution in [0.15, 0.2) is 9.98 Å². The molecule has 6 heterocycles. The van der Waals surface area contributed by atoms with E-state index in [9.17, 15) is 19.2 Å². The minimum atomic E-state index is -0.619. The quantitative estimate of drug-likeness (QED) is 0.478. The molecule has 0 aromatic rings. The van der Waals surface area contributed by atoms with Crippen molar-refractivity contribution in [1.29, 1.82) is 0 Å². The molecule has 6 amide bonds. The molecule has 4 fully saturated rings. The first-order valence-electron chi connectivity index (χ1n) is 15.4. The Labute approximate surface area is 247 Å². The van der Waals surface area contributed by atoms with Crippen LogP contribution < -0.4 is 10.6 Å². The molecule has 6 rings (SSSR count). The molecule has 0 bridgehead atoms. The number of fused-ring (bicyclic) bond motifs is 2. The van der Waals surface area contributed by atoms with Crippen LogP contribution in [-0.4, -0.2) is 143 Å². The number of hydrogen-bond donors (Lipinski definition) is 2. The molecule has 2 N–H and O–H groups in total. The first-order valence-corrected chi connectivity index (χ1v) is 15.4. The van der Waals surface area contributed by atoms with Gasteiger partial charge < -0.3 is 29.4 Å². The van der Waals surface area contributed by atoms with Crippen LogP contribution >= 0.6 is 0 Å². The minimum absolute atomic E-state index is 0.00574. The minimum Gasteiger partial charge on any atom is -0.342 e. The van der Waals surface area contributed by atoms with Crippen molar-refractivity contribution in [1.82, 2.24) is 40.0 Å². The molecule has 6 aliphatic heterocycles. The number of imide groups is 2. The highest BCUT2D eigenvalue weighted by molar-refractivity contribution is 6.04. The maximum Gasteiger partial charge on any atom is 0.325 e. The summed E-state index contributed by atoms with van der Waals surface area (Å²) in [4.78, 5) is 73.0. The molecular formula is C28H44N10O4. The Hall–Kier alpha value is -3.58. The van der Waals surface area contributed by atoms with Gasteiger partial charge in [-0.05, 0) is 43.4 Å².